The summed E-state index contributed by atoms with van der Waals surface area (Å²) >= 11 is 0. The zero-order valence-corrected chi connectivity index (χ0v) is 16.7. The molecule has 1 amide bonds. The van der Waals surface area contributed by atoms with Gasteiger partial charge in [-0.3, -0.25) is 4.79 Å². The number of carbonyl (C=O) groups excluding carboxylic acids is 1. The minimum Gasteiger partial charge on any atom is -0.748 e. The average Bonchev–Trinajstić information content (AvgIpc) is 2.34. The van der Waals surface area contributed by atoms with Gasteiger partial charge in [-0.1, -0.05) is 39.0 Å². The summed E-state index contributed by atoms with van der Waals surface area (Å²) < 4.78 is 33.1. The number of hydrogen-bond acceptors (Lipinski definition) is 4. The molecule has 0 aromatic heterocycles. The number of amides is 1. The predicted molar refractivity (Wildman–Crippen MR) is 79.4 cm³/mol. The Morgan fingerprint density at radius 1 is 1.05 bits per heavy atom. The summed E-state index contributed by atoms with van der Waals surface area (Å²) in [6, 6.07) is 0. The van der Waals surface area contributed by atoms with Crippen molar-refractivity contribution in [3.63, 3.8) is 0 Å². The van der Waals surface area contributed by atoms with Gasteiger partial charge < -0.3 is 9.45 Å². The molecule has 0 N–H and O–H groups in total. The van der Waals surface area contributed by atoms with Gasteiger partial charge in [-0.2, -0.15) is 0 Å². The van der Waals surface area contributed by atoms with Crippen molar-refractivity contribution in [2.75, 3.05) is 14.1 Å². The van der Waals surface area contributed by atoms with Gasteiger partial charge in [0, 0.05) is 25.8 Å². The van der Waals surface area contributed by atoms with E-state index in [-0.39, 0.29) is 35.5 Å². The predicted octanol–water partition coefficient (Wildman–Crippen LogP) is -0.477. The Bertz CT molecular complexity index is 371. The van der Waals surface area contributed by atoms with Gasteiger partial charge >= 0.3 is 29.6 Å². The minimum atomic E-state index is -4.15. The molecule has 5 nitrogen and oxygen atoms in total. The van der Waals surface area contributed by atoms with Crippen molar-refractivity contribution in [1.29, 1.82) is 0 Å². The van der Waals surface area contributed by atoms with Gasteiger partial charge in [0.05, 0.1) is 10.1 Å². The van der Waals surface area contributed by atoms with E-state index >= 15 is 0 Å². The van der Waals surface area contributed by atoms with E-state index in [0.717, 1.165) is 38.5 Å². The van der Waals surface area contributed by atoms with Crippen LogP contribution in [-0.4, -0.2) is 43.1 Å². The first-order valence-corrected chi connectivity index (χ1v) is 8.91. The molecular weight excluding hydrogens is 301 g/mol. The van der Waals surface area contributed by atoms with Gasteiger partial charge in [0.25, 0.3) is 0 Å². The van der Waals surface area contributed by atoms with Crippen LogP contribution in [0.3, 0.4) is 0 Å². The second-order valence-corrected chi connectivity index (χ2v) is 7.15. The maximum absolute atomic E-state index is 11.3. The van der Waals surface area contributed by atoms with E-state index < -0.39 is 15.4 Å². The monoisotopic (exact) mass is 329 g/mol. The number of nitrogens with zero attached hydrogens (tertiary/aromatic N) is 1. The molecule has 0 heterocycles. The van der Waals surface area contributed by atoms with Crippen molar-refractivity contribution in [2.45, 2.75) is 70.0 Å². The Morgan fingerprint density at radius 2 is 1.57 bits per heavy atom. The fourth-order valence-electron chi connectivity index (χ4n) is 2.16. The Labute approximate surface area is 151 Å². The number of rotatable bonds is 11. The van der Waals surface area contributed by atoms with Crippen LogP contribution >= 0.6 is 0 Å². The van der Waals surface area contributed by atoms with E-state index in [9.17, 15) is 17.8 Å². The minimum absolute atomic E-state index is 0. The van der Waals surface area contributed by atoms with Gasteiger partial charge in [0.2, 0.25) is 5.91 Å². The molecule has 0 aliphatic carbocycles. The van der Waals surface area contributed by atoms with Crippen LogP contribution in [-0.2, 0) is 14.9 Å². The Hall–Kier alpha value is 0.380. The molecule has 120 valence electrons. The SMILES string of the molecule is CCCC(CCCCCCCC(=O)N(C)C)S(=O)(=O)[O-].[Na+]. The summed E-state index contributed by atoms with van der Waals surface area (Å²) in [7, 11) is -0.646. The third-order valence-corrected chi connectivity index (χ3v) is 4.72. The molecule has 1 unspecified atom stereocenters. The van der Waals surface area contributed by atoms with Crippen LogP contribution in [0.25, 0.3) is 0 Å². The second-order valence-electron chi connectivity index (χ2n) is 5.50. The topological polar surface area (TPSA) is 77.5 Å². The van der Waals surface area contributed by atoms with Crippen LogP contribution in [0.2, 0.25) is 0 Å². The van der Waals surface area contributed by atoms with E-state index in [0.29, 0.717) is 19.3 Å². The summed E-state index contributed by atoms with van der Waals surface area (Å²) in [5, 5.41) is -0.720. The number of hydrogen-bond donors (Lipinski definition) is 0. The van der Waals surface area contributed by atoms with E-state index in [4.69, 9.17) is 0 Å². The molecule has 0 saturated carbocycles. The normalized spacial score (nSPS) is 12.6. The van der Waals surface area contributed by atoms with Gasteiger partial charge in [-0.15, -0.1) is 0 Å². The zero-order valence-electron chi connectivity index (χ0n) is 13.9. The smallest absolute Gasteiger partial charge is 0.748 e. The van der Waals surface area contributed by atoms with Gasteiger partial charge in [0.15, 0.2) is 0 Å². The largest absolute Gasteiger partial charge is 1.00 e. The molecule has 0 rings (SSSR count). The Kier molecular flexibility index (Phi) is 14.5. The summed E-state index contributed by atoms with van der Waals surface area (Å²) in [4.78, 5) is 12.9. The number of unbranched alkanes of at least 4 members (excludes halogenated alkanes) is 4. The van der Waals surface area contributed by atoms with Crippen LogP contribution < -0.4 is 29.6 Å². The third kappa shape index (κ3) is 12.6. The van der Waals surface area contributed by atoms with Crippen molar-refractivity contribution in [1.82, 2.24) is 4.90 Å². The Balaban J connectivity index is 0. The molecule has 0 spiro atoms. The third-order valence-electron chi connectivity index (χ3n) is 3.43. The summed E-state index contributed by atoms with van der Waals surface area (Å²) in [6.45, 7) is 1.89. The summed E-state index contributed by atoms with van der Waals surface area (Å²) in [6.07, 6.45) is 6.74. The maximum atomic E-state index is 11.3. The van der Waals surface area contributed by atoms with E-state index in [2.05, 4.69) is 0 Å². The molecule has 0 aliphatic heterocycles. The van der Waals surface area contributed by atoms with Crippen molar-refractivity contribution < 1.29 is 47.3 Å². The van der Waals surface area contributed by atoms with Gasteiger partial charge in [0.1, 0.15) is 0 Å². The first-order chi connectivity index (χ1) is 9.29. The van der Waals surface area contributed by atoms with E-state index in [1.165, 1.54) is 0 Å². The molecule has 7 heteroatoms. The first-order valence-electron chi connectivity index (χ1n) is 7.44. The molecule has 0 radical (unpaired) electrons. The fourth-order valence-corrected chi connectivity index (χ4v) is 3.14. The first kappa shape index (κ1) is 23.6. The van der Waals surface area contributed by atoms with Crippen LogP contribution in [0.15, 0.2) is 0 Å². The fraction of sp³-hybridized carbons (Fsp3) is 0.929. The molecule has 1 atom stereocenters. The van der Waals surface area contributed by atoms with Crippen LogP contribution in [0.4, 0.5) is 0 Å². The Morgan fingerprint density at radius 3 is 2.05 bits per heavy atom. The van der Waals surface area contributed by atoms with Crippen molar-refractivity contribution >= 4 is 16.0 Å². The number of carbonyl (C=O) groups is 1. The quantitative estimate of drug-likeness (QED) is 0.291. The standard InChI is InChI=1S/C14H29NO4S.Na/c1-4-10-13(20(17,18)19)11-8-6-5-7-9-12-14(16)15(2)3;/h13H,4-12H2,1-3H3,(H,17,18,19);/q;+1/p-1. The van der Waals surface area contributed by atoms with Gasteiger partial charge in [-0.05, 0) is 19.3 Å². The molecule has 0 saturated heterocycles. The second kappa shape index (κ2) is 12.9. The molecule has 21 heavy (non-hydrogen) atoms. The van der Waals surface area contributed by atoms with E-state index in [1.807, 2.05) is 6.92 Å². The van der Waals surface area contributed by atoms with Crippen LogP contribution in [0, 0.1) is 0 Å². The van der Waals surface area contributed by atoms with Crippen molar-refractivity contribution in [3.05, 3.63) is 0 Å². The van der Waals surface area contributed by atoms with E-state index in [1.54, 1.807) is 19.0 Å². The molecule has 0 aliphatic rings. The van der Waals surface area contributed by atoms with Crippen LogP contribution in [0.5, 0.6) is 0 Å². The van der Waals surface area contributed by atoms with Crippen molar-refractivity contribution in [2.24, 2.45) is 0 Å². The molecule has 0 bridgehead atoms. The molecule has 0 aromatic rings. The van der Waals surface area contributed by atoms with Gasteiger partial charge in [-0.25, -0.2) is 8.42 Å². The molecule has 0 fully saturated rings. The molecule has 0 aromatic carbocycles. The average molecular weight is 329 g/mol. The van der Waals surface area contributed by atoms with Crippen molar-refractivity contribution in [3.8, 4) is 0 Å². The maximum Gasteiger partial charge on any atom is 1.00 e. The zero-order chi connectivity index (χ0) is 15.6. The summed E-state index contributed by atoms with van der Waals surface area (Å²) in [5.74, 6) is 0.144. The molecular formula is C14H28NNaO4S. The van der Waals surface area contributed by atoms with Crippen LogP contribution in [0.1, 0.15) is 64.7 Å². The summed E-state index contributed by atoms with van der Waals surface area (Å²) in [5.41, 5.74) is 0.